The number of amides is 2. The van der Waals surface area contributed by atoms with Crippen LogP contribution in [0.1, 0.15) is 44.3 Å². The molecule has 1 fully saturated rings. The van der Waals surface area contributed by atoms with Gasteiger partial charge in [0.25, 0.3) is 11.8 Å². The summed E-state index contributed by atoms with van der Waals surface area (Å²) in [6.07, 6.45) is 4.40. The third kappa shape index (κ3) is 4.01. The Morgan fingerprint density at radius 2 is 1.93 bits per heavy atom. The van der Waals surface area contributed by atoms with Crippen LogP contribution in [0.2, 0.25) is 0 Å². The zero-order valence-corrected chi connectivity index (χ0v) is 18.7. The highest BCUT2D eigenvalue weighted by molar-refractivity contribution is 7.93. The molecule has 0 N–H and O–H groups in total. The van der Waals surface area contributed by atoms with E-state index in [1.54, 1.807) is 40.0 Å². The van der Waals surface area contributed by atoms with E-state index in [0.29, 0.717) is 42.0 Å². The highest BCUT2D eigenvalue weighted by atomic mass is 32.2. The van der Waals surface area contributed by atoms with Crippen molar-refractivity contribution in [3.05, 3.63) is 51.6 Å². The molecule has 0 radical (unpaired) electrons. The summed E-state index contributed by atoms with van der Waals surface area (Å²) in [5.74, 6) is 0.223. The predicted molar refractivity (Wildman–Crippen MR) is 117 cm³/mol. The number of fused-ring (bicyclic) bond motifs is 1. The van der Waals surface area contributed by atoms with Crippen LogP contribution in [0.3, 0.4) is 0 Å². The summed E-state index contributed by atoms with van der Waals surface area (Å²) in [6, 6.07) is 5.29. The smallest absolute Gasteiger partial charge is 0.295 e. The molecule has 8 nitrogen and oxygen atoms in total. The summed E-state index contributed by atoms with van der Waals surface area (Å²) in [6.45, 7) is 4.70. The highest BCUT2D eigenvalue weighted by Crippen LogP contribution is 2.23. The molecule has 1 saturated heterocycles. The van der Waals surface area contributed by atoms with Crippen LogP contribution in [0, 0.1) is 13.8 Å². The Hall–Kier alpha value is -2.59. The molecule has 1 aliphatic heterocycles. The quantitative estimate of drug-likeness (QED) is 0.617. The summed E-state index contributed by atoms with van der Waals surface area (Å²) in [5, 5.41) is 9.71. The van der Waals surface area contributed by atoms with Crippen molar-refractivity contribution in [1.29, 1.82) is 0 Å². The largest absolute Gasteiger partial charge is 0.339 e. The van der Waals surface area contributed by atoms with Gasteiger partial charge in [-0.3, -0.25) is 14.0 Å². The second-order valence-corrected chi connectivity index (χ2v) is 11.1. The van der Waals surface area contributed by atoms with Crippen LogP contribution >= 0.6 is 11.3 Å². The number of piperidine rings is 1. The average molecular weight is 446 g/mol. The van der Waals surface area contributed by atoms with Crippen LogP contribution in [-0.2, 0) is 9.73 Å². The summed E-state index contributed by atoms with van der Waals surface area (Å²) in [4.78, 5) is 27.6. The lowest BCUT2D eigenvalue weighted by atomic mass is 10.1. The number of aromatic nitrogens is 3. The first-order valence-corrected chi connectivity index (χ1v) is 12.5. The maximum Gasteiger partial charge on any atom is 0.295 e. The Bertz CT molecular complexity index is 1240. The molecule has 0 aromatic carbocycles. The van der Waals surface area contributed by atoms with Crippen molar-refractivity contribution >= 4 is 38.5 Å². The van der Waals surface area contributed by atoms with Gasteiger partial charge < -0.3 is 4.90 Å². The summed E-state index contributed by atoms with van der Waals surface area (Å²) < 4.78 is 19.0. The van der Waals surface area contributed by atoms with Gasteiger partial charge in [0.15, 0.2) is 5.65 Å². The number of thiophene rings is 1. The number of pyridine rings is 1. The first-order valence-electron chi connectivity index (χ1n) is 9.66. The van der Waals surface area contributed by atoms with E-state index in [1.807, 2.05) is 19.2 Å². The molecule has 158 valence electrons. The van der Waals surface area contributed by atoms with Gasteiger partial charge in [-0.25, -0.2) is 4.21 Å². The van der Waals surface area contributed by atoms with E-state index in [4.69, 9.17) is 0 Å². The van der Waals surface area contributed by atoms with Crippen LogP contribution in [0.4, 0.5) is 0 Å². The van der Waals surface area contributed by atoms with E-state index in [9.17, 15) is 13.8 Å². The van der Waals surface area contributed by atoms with Gasteiger partial charge in [-0.2, -0.15) is 4.36 Å². The first-order chi connectivity index (χ1) is 14.2. The fraction of sp³-hybridized carbons (Fsp3) is 0.400. The van der Waals surface area contributed by atoms with Gasteiger partial charge in [-0.05, 0) is 55.8 Å². The van der Waals surface area contributed by atoms with Gasteiger partial charge in [-0.15, -0.1) is 21.5 Å². The number of nitrogens with zero attached hydrogens (tertiary/aromatic N) is 5. The van der Waals surface area contributed by atoms with Crippen LogP contribution < -0.4 is 0 Å². The Morgan fingerprint density at radius 3 is 2.60 bits per heavy atom. The molecule has 0 saturated carbocycles. The molecule has 1 unspecified atom stereocenters. The first kappa shape index (κ1) is 20.7. The van der Waals surface area contributed by atoms with E-state index >= 15 is 0 Å². The summed E-state index contributed by atoms with van der Waals surface area (Å²) in [7, 11) is -2.69. The van der Waals surface area contributed by atoms with Crippen molar-refractivity contribution < 1.29 is 13.8 Å². The summed E-state index contributed by atoms with van der Waals surface area (Å²) in [5.41, 5.74) is 2.25. The second-order valence-electron chi connectivity index (χ2n) is 7.63. The van der Waals surface area contributed by atoms with Crippen molar-refractivity contribution in [2.24, 2.45) is 4.36 Å². The van der Waals surface area contributed by atoms with E-state index in [-0.39, 0.29) is 11.2 Å². The van der Waals surface area contributed by atoms with E-state index in [2.05, 4.69) is 14.6 Å². The maximum atomic E-state index is 13.1. The zero-order valence-electron chi connectivity index (χ0n) is 17.1. The molecule has 1 aliphatic rings. The molecule has 1 atom stereocenters. The number of hydrogen-bond donors (Lipinski definition) is 0. The van der Waals surface area contributed by atoms with E-state index < -0.39 is 15.6 Å². The molecule has 0 spiro atoms. The lowest BCUT2D eigenvalue weighted by Gasteiger charge is -2.32. The topological polar surface area (TPSA) is 97.0 Å². The van der Waals surface area contributed by atoms with Crippen LogP contribution in [0.5, 0.6) is 0 Å². The lowest BCUT2D eigenvalue weighted by Crippen LogP contribution is -2.42. The minimum atomic E-state index is -2.69. The lowest BCUT2D eigenvalue weighted by molar-refractivity contribution is 0.0725. The zero-order chi connectivity index (χ0) is 21.5. The number of rotatable bonds is 3. The van der Waals surface area contributed by atoms with Crippen molar-refractivity contribution in [1.82, 2.24) is 19.5 Å². The normalized spacial score (nSPS) is 17.1. The monoisotopic (exact) mass is 445 g/mol. The van der Waals surface area contributed by atoms with Gasteiger partial charge in [-0.1, -0.05) is 0 Å². The molecule has 0 aliphatic carbocycles. The molecule has 3 aromatic rings. The number of hydrogen-bond acceptors (Lipinski definition) is 6. The van der Waals surface area contributed by atoms with Gasteiger partial charge in [0.1, 0.15) is 5.82 Å². The Labute approximate surface area is 179 Å². The molecule has 2 amide bonds. The van der Waals surface area contributed by atoms with Gasteiger partial charge in [0, 0.05) is 30.8 Å². The van der Waals surface area contributed by atoms with Crippen molar-refractivity contribution in [2.45, 2.75) is 31.9 Å². The van der Waals surface area contributed by atoms with E-state index in [1.165, 1.54) is 11.3 Å². The fourth-order valence-electron chi connectivity index (χ4n) is 3.64. The highest BCUT2D eigenvalue weighted by Gasteiger charge is 2.29. The third-order valence-corrected chi connectivity index (χ3v) is 8.65. The Kier molecular flexibility index (Phi) is 5.46. The summed E-state index contributed by atoms with van der Waals surface area (Å²) >= 11 is 1.32. The Morgan fingerprint density at radius 1 is 1.20 bits per heavy atom. The molecule has 0 bridgehead atoms. The molecule has 4 heterocycles. The van der Waals surface area contributed by atoms with Crippen LogP contribution in [0.25, 0.3) is 5.65 Å². The van der Waals surface area contributed by atoms with Gasteiger partial charge in [0.05, 0.1) is 20.2 Å². The number of carbonyl (C=O) groups is 2. The SMILES string of the molecule is Cc1csc(C(=O)N=S(C)(=O)C2CCN(C(=O)c3ccc4nnc(C)n4c3)CC2)c1. The van der Waals surface area contributed by atoms with Crippen molar-refractivity contribution in [3.63, 3.8) is 0 Å². The third-order valence-electron chi connectivity index (χ3n) is 5.37. The van der Waals surface area contributed by atoms with Crippen LogP contribution in [0.15, 0.2) is 34.1 Å². The Balaban J connectivity index is 1.45. The molecular formula is C20H23N5O3S2. The molecule has 3 aromatic heterocycles. The number of aryl methyl sites for hydroxylation is 2. The predicted octanol–water partition coefficient (Wildman–Crippen LogP) is 2.95. The number of likely N-dealkylation sites (tertiary alicyclic amines) is 1. The minimum absolute atomic E-state index is 0.0758. The van der Waals surface area contributed by atoms with Crippen LogP contribution in [-0.4, -0.2) is 60.1 Å². The second kappa shape index (κ2) is 7.92. The minimum Gasteiger partial charge on any atom is -0.339 e. The van der Waals surface area contributed by atoms with Crippen molar-refractivity contribution in [3.8, 4) is 0 Å². The molecule has 30 heavy (non-hydrogen) atoms. The fourth-order valence-corrected chi connectivity index (χ4v) is 6.14. The van der Waals surface area contributed by atoms with Gasteiger partial charge in [0.2, 0.25) is 0 Å². The number of carbonyl (C=O) groups excluding carboxylic acids is 2. The molecular weight excluding hydrogens is 422 g/mol. The van der Waals surface area contributed by atoms with Crippen molar-refractivity contribution in [2.75, 3.05) is 19.3 Å². The standard InChI is InChI=1S/C20H23N5O3S2/c1-13-10-17(29-12-13)19(26)23-30(3,28)16-6-8-24(9-7-16)20(27)15-4-5-18-22-21-14(2)25(18)11-15/h4-5,10-12,16H,6-9H2,1-3H3. The van der Waals surface area contributed by atoms with Gasteiger partial charge >= 0.3 is 0 Å². The van der Waals surface area contributed by atoms with E-state index in [0.717, 1.165) is 11.4 Å². The molecule has 10 heteroatoms. The molecule has 4 rings (SSSR count). The maximum absolute atomic E-state index is 13.1. The average Bonchev–Trinajstić information content (AvgIpc) is 3.33.